The van der Waals surface area contributed by atoms with E-state index >= 15 is 0 Å². The first-order valence-electron chi connectivity index (χ1n) is 8.67. The second-order valence-corrected chi connectivity index (χ2v) is 7.97. The van der Waals surface area contributed by atoms with Crippen molar-refractivity contribution in [2.24, 2.45) is 5.92 Å². The molecule has 2 aromatic heterocycles. The number of aromatic nitrogens is 2. The van der Waals surface area contributed by atoms with Crippen molar-refractivity contribution in [1.29, 1.82) is 0 Å². The number of rotatable bonds is 3. The molecule has 0 spiro atoms. The third-order valence-corrected chi connectivity index (χ3v) is 5.96. The standard InChI is InChI=1S/C19H17F2N3O2S/c1-10-2-4-12-15(6-10)27-18-17(12)19(26)24(9-22-18)8-16(25)23-11-3-5-13(20)14(21)7-11/h3,5,7,9-10H,2,4,6,8H2,1H3,(H,23,25)/t10-/m1/s1. The van der Waals surface area contributed by atoms with Crippen molar-refractivity contribution in [2.45, 2.75) is 32.7 Å². The fourth-order valence-electron chi connectivity index (χ4n) is 3.41. The van der Waals surface area contributed by atoms with Gasteiger partial charge in [0.1, 0.15) is 11.4 Å². The Morgan fingerprint density at radius 3 is 2.96 bits per heavy atom. The van der Waals surface area contributed by atoms with Crippen LogP contribution in [-0.4, -0.2) is 15.5 Å². The molecule has 0 fully saturated rings. The van der Waals surface area contributed by atoms with Gasteiger partial charge in [-0.3, -0.25) is 14.2 Å². The average molecular weight is 389 g/mol. The van der Waals surface area contributed by atoms with E-state index in [1.54, 1.807) is 11.3 Å². The fourth-order valence-corrected chi connectivity index (χ4v) is 4.75. The Bertz CT molecular complexity index is 1110. The third-order valence-electron chi connectivity index (χ3n) is 4.80. The highest BCUT2D eigenvalue weighted by atomic mass is 32.1. The number of aryl methyl sites for hydroxylation is 1. The molecule has 0 unspecified atom stereocenters. The van der Waals surface area contributed by atoms with Crippen LogP contribution in [-0.2, 0) is 24.2 Å². The summed E-state index contributed by atoms with van der Waals surface area (Å²) in [5.41, 5.74) is 0.941. The Morgan fingerprint density at radius 2 is 2.19 bits per heavy atom. The van der Waals surface area contributed by atoms with E-state index in [2.05, 4.69) is 17.2 Å². The highest BCUT2D eigenvalue weighted by Gasteiger charge is 2.23. The van der Waals surface area contributed by atoms with E-state index in [1.807, 2.05) is 0 Å². The zero-order chi connectivity index (χ0) is 19.1. The summed E-state index contributed by atoms with van der Waals surface area (Å²) in [5, 5.41) is 3.07. The smallest absolute Gasteiger partial charge is 0.262 e. The lowest BCUT2D eigenvalue weighted by Gasteiger charge is -2.17. The van der Waals surface area contributed by atoms with Crippen LogP contribution in [0.3, 0.4) is 0 Å². The van der Waals surface area contributed by atoms with Crippen LogP contribution >= 0.6 is 11.3 Å². The summed E-state index contributed by atoms with van der Waals surface area (Å²) in [5.74, 6) is -1.96. The van der Waals surface area contributed by atoms with Crippen LogP contribution in [0.2, 0.25) is 0 Å². The topological polar surface area (TPSA) is 64.0 Å². The van der Waals surface area contributed by atoms with E-state index in [0.717, 1.165) is 37.0 Å². The van der Waals surface area contributed by atoms with Crippen LogP contribution < -0.4 is 10.9 Å². The predicted octanol–water partition coefficient (Wildman–Crippen LogP) is 3.50. The van der Waals surface area contributed by atoms with E-state index in [0.29, 0.717) is 16.1 Å². The number of halogens is 2. The maximum Gasteiger partial charge on any atom is 0.262 e. The van der Waals surface area contributed by atoms with Crippen molar-refractivity contribution in [3.05, 3.63) is 57.0 Å². The third kappa shape index (κ3) is 3.37. The molecule has 4 rings (SSSR count). The van der Waals surface area contributed by atoms with Crippen LogP contribution in [0.1, 0.15) is 23.8 Å². The van der Waals surface area contributed by atoms with Crippen LogP contribution in [0.5, 0.6) is 0 Å². The van der Waals surface area contributed by atoms with Gasteiger partial charge in [-0.25, -0.2) is 13.8 Å². The number of hydrogen-bond donors (Lipinski definition) is 1. The SMILES string of the molecule is C[C@@H]1CCc2c(sc3ncn(CC(=O)Nc4ccc(F)c(F)c4)c(=O)c23)C1. The molecule has 1 N–H and O–H groups in total. The van der Waals surface area contributed by atoms with Crippen molar-refractivity contribution in [3.63, 3.8) is 0 Å². The molecular formula is C19H17F2N3O2S. The number of hydrogen-bond acceptors (Lipinski definition) is 4. The molecule has 5 nitrogen and oxygen atoms in total. The first-order valence-corrected chi connectivity index (χ1v) is 9.48. The van der Waals surface area contributed by atoms with Gasteiger partial charge < -0.3 is 5.32 Å². The normalized spacial score (nSPS) is 16.3. The molecule has 1 amide bonds. The molecule has 1 aliphatic carbocycles. The molecule has 0 aliphatic heterocycles. The van der Waals surface area contributed by atoms with Crippen molar-refractivity contribution >= 4 is 33.1 Å². The molecule has 0 radical (unpaired) electrons. The monoisotopic (exact) mass is 389 g/mol. The maximum atomic E-state index is 13.3. The predicted molar refractivity (Wildman–Crippen MR) is 100 cm³/mol. The van der Waals surface area contributed by atoms with Gasteiger partial charge in [0.25, 0.3) is 5.56 Å². The summed E-state index contributed by atoms with van der Waals surface area (Å²) in [6.45, 7) is 1.95. The van der Waals surface area contributed by atoms with E-state index in [-0.39, 0.29) is 17.8 Å². The Kier molecular flexibility index (Phi) is 4.51. The highest BCUT2D eigenvalue weighted by molar-refractivity contribution is 7.18. The number of amides is 1. The zero-order valence-corrected chi connectivity index (χ0v) is 15.4. The van der Waals surface area contributed by atoms with Gasteiger partial charge in [0.2, 0.25) is 5.91 Å². The molecule has 8 heteroatoms. The van der Waals surface area contributed by atoms with Crippen molar-refractivity contribution in [3.8, 4) is 0 Å². The number of anilines is 1. The van der Waals surface area contributed by atoms with Crippen molar-refractivity contribution in [2.75, 3.05) is 5.32 Å². The Morgan fingerprint density at radius 1 is 1.37 bits per heavy atom. The summed E-state index contributed by atoms with van der Waals surface area (Å²) in [7, 11) is 0. The van der Waals surface area contributed by atoms with Crippen molar-refractivity contribution in [1.82, 2.24) is 9.55 Å². The summed E-state index contributed by atoms with van der Waals surface area (Å²) in [6.07, 6.45) is 4.19. The van der Waals surface area contributed by atoms with Crippen LogP contribution in [0.25, 0.3) is 10.2 Å². The minimum absolute atomic E-state index is 0.128. The molecular weight excluding hydrogens is 372 g/mol. The van der Waals surface area contributed by atoms with E-state index in [4.69, 9.17) is 0 Å². The number of nitrogens with one attached hydrogen (secondary N) is 1. The van der Waals surface area contributed by atoms with Crippen molar-refractivity contribution < 1.29 is 13.6 Å². The molecule has 0 saturated heterocycles. The Balaban J connectivity index is 1.60. The highest BCUT2D eigenvalue weighted by Crippen LogP contribution is 2.35. The minimum Gasteiger partial charge on any atom is -0.324 e. The van der Waals surface area contributed by atoms with Gasteiger partial charge in [0.15, 0.2) is 11.6 Å². The summed E-state index contributed by atoms with van der Waals surface area (Å²) in [6, 6.07) is 3.09. The summed E-state index contributed by atoms with van der Waals surface area (Å²) < 4.78 is 27.5. The largest absolute Gasteiger partial charge is 0.324 e. The molecule has 0 bridgehead atoms. The van der Waals surface area contributed by atoms with E-state index < -0.39 is 17.5 Å². The van der Waals surface area contributed by atoms with Gasteiger partial charge in [-0.2, -0.15) is 0 Å². The second-order valence-electron chi connectivity index (χ2n) is 6.89. The number of carbonyl (C=O) groups excluding carboxylic acids is 1. The maximum absolute atomic E-state index is 13.3. The number of benzene rings is 1. The molecule has 1 aliphatic rings. The summed E-state index contributed by atoms with van der Waals surface area (Å²) >= 11 is 1.55. The number of fused-ring (bicyclic) bond motifs is 3. The first-order chi connectivity index (χ1) is 12.9. The molecule has 27 heavy (non-hydrogen) atoms. The van der Waals surface area contributed by atoms with Crippen LogP contribution in [0, 0.1) is 17.6 Å². The number of carbonyl (C=O) groups is 1. The van der Waals surface area contributed by atoms with Gasteiger partial charge in [-0.1, -0.05) is 6.92 Å². The van der Waals surface area contributed by atoms with Crippen LogP contribution in [0.15, 0.2) is 29.3 Å². The lowest BCUT2D eigenvalue weighted by Crippen LogP contribution is -2.28. The van der Waals surface area contributed by atoms with Gasteiger partial charge >= 0.3 is 0 Å². The second kappa shape index (κ2) is 6.84. The number of thiophene rings is 1. The molecule has 1 atom stereocenters. The van der Waals surface area contributed by atoms with Crippen LogP contribution in [0.4, 0.5) is 14.5 Å². The van der Waals surface area contributed by atoms with E-state index in [1.165, 1.54) is 21.8 Å². The number of nitrogens with zero attached hydrogens (tertiary/aromatic N) is 2. The Labute approximate surface area is 157 Å². The van der Waals surface area contributed by atoms with Gasteiger partial charge in [0, 0.05) is 16.6 Å². The van der Waals surface area contributed by atoms with Gasteiger partial charge in [-0.05, 0) is 42.9 Å². The zero-order valence-electron chi connectivity index (χ0n) is 14.6. The van der Waals surface area contributed by atoms with Gasteiger partial charge in [-0.15, -0.1) is 11.3 Å². The average Bonchev–Trinajstić information content (AvgIpc) is 2.98. The fraction of sp³-hybridized carbons (Fsp3) is 0.316. The van der Waals surface area contributed by atoms with Gasteiger partial charge in [0.05, 0.1) is 11.7 Å². The molecule has 2 heterocycles. The molecule has 1 aromatic carbocycles. The quantitative estimate of drug-likeness (QED) is 0.746. The molecule has 140 valence electrons. The lowest BCUT2D eigenvalue weighted by molar-refractivity contribution is -0.116. The lowest BCUT2D eigenvalue weighted by atomic mass is 9.89. The van der Waals surface area contributed by atoms with E-state index in [9.17, 15) is 18.4 Å². The summed E-state index contributed by atoms with van der Waals surface area (Å²) in [4.78, 5) is 31.4. The first kappa shape index (κ1) is 17.8. The molecule has 0 saturated carbocycles. The Hall–Kier alpha value is -2.61. The minimum atomic E-state index is -1.05. The molecule has 3 aromatic rings.